The summed E-state index contributed by atoms with van der Waals surface area (Å²) in [7, 11) is 0. The third-order valence-corrected chi connectivity index (χ3v) is 4.99. The SMILES string of the molecule is Cc1ccc(C)c(OCCOc2cccc(/C=C(/C#N)C(=O)Nc3nnc(C)s3)c2)c1. The number of nitrogens with one attached hydrogen (secondary N) is 1. The van der Waals surface area contributed by atoms with E-state index in [2.05, 4.69) is 15.5 Å². The number of nitrogens with zero attached hydrogens (tertiary/aromatic N) is 3. The van der Waals surface area contributed by atoms with Crippen molar-refractivity contribution in [2.45, 2.75) is 20.8 Å². The molecule has 8 heteroatoms. The van der Waals surface area contributed by atoms with Gasteiger partial charge in [0.25, 0.3) is 5.91 Å². The van der Waals surface area contributed by atoms with Crippen LogP contribution in [-0.2, 0) is 4.79 Å². The van der Waals surface area contributed by atoms with Crippen LogP contribution in [0.2, 0.25) is 0 Å². The maximum atomic E-state index is 12.3. The molecule has 0 spiro atoms. The molecule has 3 rings (SSSR count). The maximum Gasteiger partial charge on any atom is 0.268 e. The number of aromatic nitrogens is 2. The predicted octanol–water partition coefficient (Wildman–Crippen LogP) is 4.47. The first kappa shape index (κ1) is 22.0. The second-order valence-corrected chi connectivity index (χ2v) is 7.97. The van der Waals surface area contributed by atoms with Crippen LogP contribution in [-0.4, -0.2) is 29.3 Å². The van der Waals surface area contributed by atoms with Gasteiger partial charge in [0.05, 0.1) is 0 Å². The zero-order valence-electron chi connectivity index (χ0n) is 17.5. The summed E-state index contributed by atoms with van der Waals surface area (Å²) in [4.78, 5) is 12.3. The van der Waals surface area contributed by atoms with Gasteiger partial charge in [0, 0.05) is 0 Å². The monoisotopic (exact) mass is 434 g/mol. The Bertz CT molecular complexity index is 1150. The number of hydrogen-bond acceptors (Lipinski definition) is 7. The predicted molar refractivity (Wildman–Crippen MR) is 120 cm³/mol. The summed E-state index contributed by atoms with van der Waals surface area (Å²) in [6.07, 6.45) is 1.50. The van der Waals surface area contributed by atoms with E-state index < -0.39 is 5.91 Å². The van der Waals surface area contributed by atoms with Gasteiger partial charge in [0.1, 0.15) is 41.4 Å². The number of anilines is 1. The van der Waals surface area contributed by atoms with Crippen molar-refractivity contribution in [1.29, 1.82) is 5.26 Å². The third kappa shape index (κ3) is 6.39. The number of aryl methyl sites for hydroxylation is 3. The maximum absolute atomic E-state index is 12.3. The van der Waals surface area contributed by atoms with E-state index in [0.717, 1.165) is 21.9 Å². The lowest BCUT2D eigenvalue weighted by Crippen LogP contribution is -2.13. The molecule has 31 heavy (non-hydrogen) atoms. The molecule has 0 fully saturated rings. The van der Waals surface area contributed by atoms with Crippen molar-refractivity contribution < 1.29 is 14.3 Å². The van der Waals surface area contributed by atoms with E-state index in [4.69, 9.17) is 9.47 Å². The minimum atomic E-state index is -0.535. The fourth-order valence-corrected chi connectivity index (χ4v) is 3.28. The van der Waals surface area contributed by atoms with Gasteiger partial charge in [-0.05, 0) is 61.7 Å². The Morgan fingerprint density at radius 1 is 1.13 bits per heavy atom. The molecule has 7 nitrogen and oxygen atoms in total. The van der Waals surface area contributed by atoms with Crippen LogP contribution in [0.5, 0.6) is 11.5 Å². The Morgan fingerprint density at radius 2 is 1.94 bits per heavy atom. The van der Waals surface area contributed by atoms with Crippen molar-refractivity contribution in [2.24, 2.45) is 0 Å². The van der Waals surface area contributed by atoms with Gasteiger partial charge in [0.15, 0.2) is 0 Å². The van der Waals surface area contributed by atoms with Gasteiger partial charge in [-0.25, -0.2) is 0 Å². The standard InChI is InChI=1S/C23H22N4O3S/c1-15-7-8-16(2)21(11-15)30-10-9-29-20-6-4-5-18(13-20)12-19(14-24)22(28)25-23-27-26-17(3)31-23/h4-8,11-13H,9-10H2,1-3H3,(H,25,27,28)/b19-12-. The molecule has 0 saturated carbocycles. The number of rotatable bonds is 8. The summed E-state index contributed by atoms with van der Waals surface area (Å²) in [6.45, 7) is 6.57. The van der Waals surface area contributed by atoms with Gasteiger partial charge in [-0.3, -0.25) is 10.1 Å². The Balaban J connectivity index is 1.58. The van der Waals surface area contributed by atoms with E-state index in [1.807, 2.05) is 44.2 Å². The highest BCUT2D eigenvalue weighted by Gasteiger charge is 2.12. The molecule has 3 aromatic rings. The highest BCUT2D eigenvalue weighted by Crippen LogP contribution is 2.20. The van der Waals surface area contributed by atoms with E-state index in [0.29, 0.717) is 29.7 Å². The van der Waals surface area contributed by atoms with Crippen molar-refractivity contribution in [1.82, 2.24) is 10.2 Å². The van der Waals surface area contributed by atoms with Crippen molar-refractivity contribution in [2.75, 3.05) is 18.5 Å². The van der Waals surface area contributed by atoms with Crippen molar-refractivity contribution in [3.05, 3.63) is 69.7 Å². The van der Waals surface area contributed by atoms with Crippen LogP contribution in [0.1, 0.15) is 21.7 Å². The van der Waals surface area contributed by atoms with Crippen LogP contribution in [0.4, 0.5) is 5.13 Å². The number of nitriles is 1. The first-order chi connectivity index (χ1) is 14.9. The lowest BCUT2D eigenvalue weighted by molar-refractivity contribution is -0.112. The number of carbonyl (C=O) groups is 1. The third-order valence-electron chi connectivity index (χ3n) is 4.23. The van der Waals surface area contributed by atoms with Crippen LogP contribution >= 0.6 is 11.3 Å². The van der Waals surface area contributed by atoms with Gasteiger partial charge in [-0.15, -0.1) is 10.2 Å². The minimum Gasteiger partial charge on any atom is -0.490 e. The Labute approximate surface area is 185 Å². The highest BCUT2D eigenvalue weighted by atomic mass is 32.1. The average molecular weight is 435 g/mol. The molecular weight excluding hydrogens is 412 g/mol. The number of benzene rings is 2. The molecule has 0 atom stereocenters. The summed E-state index contributed by atoms with van der Waals surface area (Å²) in [5.74, 6) is 0.929. The number of carbonyl (C=O) groups excluding carboxylic acids is 1. The lowest BCUT2D eigenvalue weighted by atomic mass is 10.1. The molecule has 0 aliphatic rings. The summed E-state index contributed by atoms with van der Waals surface area (Å²) >= 11 is 1.24. The fourth-order valence-electron chi connectivity index (χ4n) is 2.69. The largest absolute Gasteiger partial charge is 0.490 e. The van der Waals surface area contributed by atoms with Gasteiger partial charge in [-0.2, -0.15) is 5.26 Å². The Kier molecular flexibility index (Phi) is 7.35. The number of amides is 1. The smallest absolute Gasteiger partial charge is 0.268 e. The summed E-state index contributed by atoms with van der Waals surface area (Å²) in [6, 6.07) is 15.2. The van der Waals surface area contributed by atoms with Crippen LogP contribution < -0.4 is 14.8 Å². The van der Waals surface area contributed by atoms with Gasteiger partial charge < -0.3 is 9.47 Å². The van der Waals surface area contributed by atoms with Crippen molar-refractivity contribution in [3.63, 3.8) is 0 Å². The first-order valence-electron chi connectivity index (χ1n) is 9.61. The van der Waals surface area contributed by atoms with Gasteiger partial charge >= 0.3 is 0 Å². The van der Waals surface area contributed by atoms with Gasteiger partial charge in [-0.1, -0.05) is 35.6 Å². The second kappa shape index (κ2) is 10.4. The van der Waals surface area contributed by atoms with Crippen LogP contribution in [0.25, 0.3) is 6.08 Å². The topological polar surface area (TPSA) is 97.1 Å². The minimum absolute atomic E-state index is 0.0386. The second-order valence-electron chi connectivity index (χ2n) is 6.79. The molecule has 1 N–H and O–H groups in total. The van der Waals surface area contributed by atoms with E-state index in [1.54, 1.807) is 25.1 Å². The molecule has 1 heterocycles. The summed E-state index contributed by atoms with van der Waals surface area (Å²) in [5, 5.41) is 20.7. The summed E-state index contributed by atoms with van der Waals surface area (Å²) in [5.41, 5.74) is 2.85. The van der Waals surface area contributed by atoms with Crippen LogP contribution in [0.3, 0.4) is 0 Å². The zero-order chi connectivity index (χ0) is 22.2. The molecule has 0 radical (unpaired) electrons. The Morgan fingerprint density at radius 3 is 2.68 bits per heavy atom. The van der Waals surface area contributed by atoms with E-state index in [1.165, 1.54) is 17.4 Å². The van der Waals surface area contributed by atoms with E-state index >= 15 is 0 Å². The lowest BCUT2D eigenvalue weighted by Gasteiger charge is -2.11. The van der Waals surface area contributed by atoms with Crippen LogP contribution in [0, 0.1) is 32.1 Å². The average Bonchev–Trinajstić information content (AvgIpc) is 3.16. The molecule has 0 aliphatic carbocycles. The quantitative estimate of drug-likeness (QED) is 0.319. The Hall–Kier alpha value is -3.70. The number of hydrogen-bond donors (Lipinski definition) is 1. The molecule has 0 bridgehead atoms. The number of ether oxygens (including phenoxy) is 2. The molecular formula is C23H22N4O3S. The van der Waals surface area contributed by atoms with Crippen LogP contribution in [0.15, 0.2) is 48.0 Å². The normalized spacial score (nSPS) is 11.0. The van der Waals surface area contributed by atoms with Crippen molar-refractivity contribution in [3.8, 4) is 17.6 Å². The highest BCUT2D eigenvalue weighted by molar-refractivity contribution is 7.15. The molecule has 0 unspecified atom stereocenters. The molecule has 2 aromatic carbocycles. The molecule has 0 aliphatic heterocycles. The molecule has 158 valence electrons. The first-order valence-corrected chi connectivity index (χ1v) is 10.4. The molecule has 0 saturated heterocycles. The van der Waals surface area contributed by atoms with Crippen molar-refractivity contribution >= 4 is 28.5 Å². The van der Waals surface area contributed by atoms with Gasteiger partial charge in [0.2, 0.25) is 5.13 Å². The van der Waals surface area contributed by atoms with E-state index in [-0.39, 0.29) is 5.57 Å². The van der Waals surface area contributed by atoms with E-state index in [9.17, 15) is 10.1 Å². The molecule has 1 aromatic heterocycles. The summed E-state index contributed by atoms with van der Waals surface area (Å²) < 4.78 is 11.6. The zero-order valence-corrected chi connectivity index (χ0v) is 18.3. The molecule has 1 amide bonds. The fraction of sp³-hybridized carbons (Fsp3) is 0.217.